The maximum absolute atomic E-state index is 12.0. The third-order valence-electron chi connectivity index (χ3n) is 2.51. The van der Waals surface area contributed by atoms with Gasteiger partial charge in [0.1, 0.15) is 10.6 Å². The Kier molecular flexibility index (Phi) is 6.30. The van der Waals surface area contributed by atoms with E-state index in [9.17, 15) is 19.1 Å². The molecule has 20 heavy (non-hydrogen) atoms. The van der Waals surface area contributed by atoms with Crippen LogP contribution in [-0.4, -0.2) is 27.5 Å². The fraction of sp³-hybridized carbons (Fsp3) is 0.462. The molecule has 0 fully saturated rings. The lowest BCUT2D eigenvalue weighted by molar-refractivity contribution is -0.387. The number of benzene rings is 1. The van der Waals surface area contributed by atoms with Gasteiger partial charge in [0.2, 0.25) is 0 Å². The molecule has 0 aliphatic rings. The summed E-state index contributed by atoms with van der Waals surface area (Å²) in [5.74, 6) is -0.575. The molecule has 0 heterocycles. The molecule has 0 saturated heterocycles. The topological polar surface area (TPSA) is 86.5 Å². The number of rotatable bonds is 7. The van der Waals surface area contributed by atoms with Gasteiger partial charge in [0.15, 0.2) is 0 Å². The van der Waals surface area contributed by atoms with Crippen LogP contribution in [0.15, 0.2) is 29.2 Å². The lowest BCUT2D eigenvalue weighted by Crippen LogP contribution is -2.16. The molecule has 1 unspecified atom stereocenters. The minimum Gasteiger partial charge on any atom is -0.465 e. The van der Waals surface area contributed by atoms with Crippen molar-refractivity contribution in [2.75, 3.05) is 12.4 Å². The Bertz CT molecular complexity index is 515. The van der Waals surface area contributed by atoms with Gasteiger partial charge < -0.3 is 4.74 Å². The highest BCUT2D eigenvalue weighted by Crippen LogP contribution is 2.21. The predicted molar refractivity (Wildman–Crippen MR) is 74.8 cm³/mol. The molecule has 1 atom stereocenters. The van der Waals surface area contributed by atoms with Crippen LogP contribution in [0.5, 0.6) is 0 Å². The molecule has 6 nitrogen and oxygen atoms in total. The van der Waals surface area contributed by atoms with E-state index in [-0.39, 0.29) is 22.9 Å². The fourth-order valence-electron chi connectivity index (χ4n) is 1.44. The standard InChI is InChI=1S/C13H17NO5S/c1-10(2)7-8-19-13(15)9-20(18)12-6-4-3-5-11(12)14(16)17/h3-6,10H,7-9H2,1-2H3. The van der Waals surface area contributed by atoms with Gasteiger partial charge in [-0.05, 0) is 18.4 Å². The normalized spacial score (nSPS) is 12.2. The molecule has 0 aromatic heterocycles. The first-order chi connectivity index (χ1) is 9.41. The van der Waals surface area contributed by atoms with Gasteiger partial charge in [0.25, 0.3) is 5.69 Å². The number of hydrogen-bond acceptors (Lipinski definition) is 5. The second kappa shape index (κ2) is 7.74. The Morgan fingerprint density at radius 1 is 1.40 bits per heavy atom. The number of esters is 1. The SMILES string of the molecule is CC(C)CCOC(=O)CS(=O)c1ccccc1[N+](=O)[O-]. The largest absolute Gasteiger partial charge is 0.465 e. The van der Waals surface area contributed by atoms with Crippen molar-refractivity contribution in [1.29, 1.82) is 0 Å². The molecule has 1 aromatic carbocycles. The van der Waals surface area contributed by atoms with Crippen molar-refractivity contribution in [1.82, 2.24) is 0 Å². The van der Waals surface area contributed by atoms with Crippen LogP contribution >= 0.6 is 0 Å². The zero-order valence-corrected chi connectivity index (χ0v) is 12.2. The average Bonchev–Trinajstić information content (AvgIpc) is 2.38. The van der Waals surface area contributed by atoms with Gasteiger partial charge in [-0.15, -0.1) is 0 Å². The number of para-hydroxylation sites is 1. The van der Waals surface area contributed by atoms with Crippen molar-refractivity contribution in [3.63, 3.8) is 0 Å². The van der Waals surface area contributed by atoms with Gasteiger partial charge in [0, 0.05) is 6.07 Å². The van der Waals surface area contributed by atoms with Crippen LogP contribution < -0.4 is 0 Å². The Morgan fingerprint density at radius 3 is 2.65 bits per heavy atom. The van der Waals surface area contributed by atoms with E-state index < -0.39 is 21.7 Å². The summed E-state index contributed by atoms with van der Waals surface area (Å²) in [6.45, 7) is 4.27. The van der Waals surface area contributed by atoms with Crippen molar-refractivity contribution in [3.8, 4) is 0 Å². The molecule has 1 rings (SSSR count). The number of hydrogen-bond donors (Lipinski definition) is 0. The van der Waals surface area contributed by atoms with Crippen molar-refractivity contribution in [2.24, 2.45) is 5.92 Å². The van der Waals surface area contributed by atoms with E-state index in [1.807, 2.05) is 13.8 Å². The van der Waals surface area contributed by atoms with Crippen LogP contribution in [0.1, 0.15) is 20.3 Å². The van der Waals surface area contributed by atoms with E-state index in [0.29, 0.717) is 5.92 Å². The summed E-state index contributed by atoms with van der Waals surface area (Å²) in [7, 11) is -1.78. The van der Waals surface area contributed by atoms with E-state index in [1.54, 1.807) is 6.07 Å². The zero-order valence-electron chi connectivity index (χ0n) is 11.4. The Morgan fingerprint density at radius 2 is 2.05 bits per heavy atom. The number of nitro benzene ring substituents is 1. The van der Waals surface area contributed by atoms with E-state index >= 15 is 0 Å². The number of carbonyl (C=O) groups is 1. The molecule has 110 valence electrons. The molecule has 0 aliphatic heterocycles. The third-order valence-corrected chi connectivity index (χ3v) is 3.85. The maximum Gasteiger partial charge on any atom is 0.318 e. The van der Waals surface area contributed by atoms with E-state index in [0.717, 1.165) is 6.42 Å². The molecular weight excluding hydrogens is 282 g/mol. The quantitative estimate of drug-likeness (QED) is 0.438. The second-order valence-electron chi connectivity index (χ2n) is 4.62. The fourth-order valence-corrected chi connectivity index (χ4v) is 2.49. The maximum atomic E-state index is 12.0. The molecule has 0 radical (unpaired) electrons. The first-order valence-corrected chi connectivity index (χ1v) is 7.51. The Balaban J connectivity index is 2.63. The Labute approximate surface area is 119 Å². The van der Waals surface area contributed by atoms with Gasteiger partial charge in [-0.2, -0.15) is 0 Å². The molecule has 0 aliphatic carbocycles. The van der Waals surface area contributed by atoms with Gasteiger partial charge in [0.05, 0.1) is 22.3 Å². The molecule has 0 spiro atoms. The molecular formula is C13H17NO5S. The van der Waals surface area contributed by atoms with Gasteiger partial charge in [-0.3, -0.25) is 19.1 Å². The molecule has 0 amide bonds. The minimum absolute atomic E-state index is 0.0401. The molecule has 0 N–H and O–H groups in total. The summed E-state index contributed by atoms with van der Waals surface area (Å²) >= 11 is 0. The lowest BCUT2D eigenvalue weighted by Gasteiger charge is -2.07. The summed E-state index contributed by atoms with van der Waals surface area (Å²) in [5, 5.41) is 10.8. The smallest absolute Gasteiger partial charge is 0.318 e. The molecule has 0 bridgehead atoms. The predicted octanol–water partition coefficient (Wildman–Crippen LogP) is 2.29. The van der Waals surface area contributed by atoms with Crippen LogP contribution in [0.25, 0.3) is 0 Å². The molecule has 1 aromatic rings. The number of ether oxygens (including phenoxy) is 1. The van der Waals surface area contributed by atoms with Crippen molar-refractivity contribution in [3.05, 3.63) is 34.4 Å². The number of carbonyl (C=O) groups excluding carboxylic acids is 1. The molecule has 0 saturated carbocycles. The second-order valence-corrected chi connectivity index (χ2v) is 6.04. The zero-order chi connectivity index (χ0) is 15.1. The van der Waals surface area contributed by atoms with Crippen LogP contribution in [-0.2, 0) is 20.3 Å². The van der Waals surface area contributed by atoms with Crippen LogP contribution in [0, 0.1) is 16.0 Å². The number of nitro groups is 1. The summed E-state index contributed by atoms with van der Waals surface area (Å²) in [5.41, 5.74) is -0.249. The van der Waals surface area contributed by atoms with Crippen LogP contribution in [0.3, 0.4) is 0 Å². The van der Waals surface area contributed by atoms with Crippen molar-refractivity contribution < 1.29 is 18.7 Å². The monoisotopic (exact) mass is 299 g/mol. The van der Waals surface area contributed by atoms with E-state index in [1.165, 1.54) is 18.2 Å². The highest BCUT2D eigenvalue weighted by molar-refractivity contribution is 7.85. The first-order valence-electron chi connectivity index (χ1n) is 6.19. The highest BCUT2D eigenvalue weighted by Gasteiger charge is 2.20. The highest BCUT2D eigenvalue weighted by atomic mass is 32.2. The third kappa shape index (κ3) is 5.08. The number of nitrogens with zero attached hydrogens (tertiary/aromatic N) is 1. The van der Waals surface area contributed by atoms with Crippen molar-refractivity contribution >= 4 is 22.5 Å². The van der Waals surface area contributed by atoms with Gasteiger partial charge >= 0.3 is 5.97 Å². The van der Waals surface area contributed by atoms with Gasteiger partial charge in [-0.25, -0.2) is 0 Å². The average molecular weight is 299 g/mol. The summed E-state index contributed by atoms with van der Waals surface area (Å²) in [6, 6.07) is 5.68. The minimum atomic E-state index is -1.78. The Hall–Kier alpha value is -1.76. The summed E-state index contributed by atoms with van der Waals surface area (Å²) in [4.78, 5) is 21.7. The lowest BCUT2D eigenvalue weighted by atomic mass is 10.1. The van der Waals surface area contributed by atoms with Crippen molar-refractivity contribution in [2.45, 2.75) is 25.2 Å². The molecule has 7 heteroatoms. The van der Waals surface area contributed by atoms with E-state index in [2.05, 4.69) is 0 Å². The van der Waals surface area contributed by atoms with Crippen LogP contribution in [0.2, 0.25) is 0 Å². The summed E-state index contributed by atoms with van der Waals surface area (Å²) in [6.07, 6.45) is 0.726. The van der Waals surface area contributed by atoms with Crippen LogP contribution in [0.4, 0.5) is 5.69 Å². The van der Waals surface area contributed by atoms with E-state index in [4.69, 9.17) is 4.74 Å². The van der Waals surface area contributed by atoms with Gasteiger partial charge in [-0.1, -0.05) is 26.0 Å². The first kappa shape index (κ1) is 16.3. The summed E-state index contributed by atoms with van der Waals surface area (Å²) < 4.78 is 16.9.